The minimum Gasteiger partial charge on any atom is -0.490 e. The number of nitrogens with zero attached hydrogens (tertiary/aromatic N) is 1. The van der Waals surface area contributed by atoms with Gasteiger partial charge in [-0.15, -0.1) is 0 Å². The van der Waals surface area contributed by atoms with Gasteiger partial charge in [0, 0.05) is 32.4 Å². The Morgan fingerprint density at radius 1 is 0.975 bits per heavy atom. The zero-order valence-corrected chi connectivity index (χ0v) is 22.2. The lowest BCUT2D eigenvalue weighted by Crippen LogP contribution is -2.29. The van der Waals surface area contributed by atoms with Crippen LogP contribution >= 0.6 is 0 Å². The van der Waals surface area contributed by atoms with E-state index >= 15 is 0 Å². The molecule has 3 rings (SSSR count). The molecule has 0 aliphatic carbocycles. The molecule has 4 N–H and O–H groups in total. The third-order valence-electron chi connectivity index (χ3n) is 5.23. The first-order valence-corrected chi connectivity index (χ1v) is 13.2. The number of hydrogen-bond acceptors (Lipinski definition) is 8. The van der Waals surface area contributed by atoms with Gasteiger partial charge in [0.2, 0.25) is 0 Å². The van der Waals surface area contributed by atoms with Crippen LogP contribution in [-0.4, -0.2) is 58.1 Å². The number of amides is 3. The van der Waals surface area contributed by atoms with E-state index in [-0.39, 0.29) is 36.2 Å². The number of anilines is 1. The molecule has 1 aromatic heterocycles. The highest BCUT2D eigenvalue weighted by molar-refractivity contribution is 7.92. The van der Waals surface area contributed by atoms with Gasteiger partial charge in [0.1, 0.15) is 29.5 Å². The molecule has 0 bridgehead atoms. The molecule has 0 spiro atoms. The quantitative estimate of drug-likeness (QED) is 0.252. The minimum absolute atomic E-state index is 0.0105. The molecule has 15 heteroatoms. The predicted molar refractivity (Wildman–Crippen MR) is 139 cm³/mol. The van der Waals surface area contributed by atoms with Crippen molar-refractivity contribution in [1.29, 1.82) is 0 Å². The lowest BCUT2D eigenvalue weighted by atomic mass is 10.2. The fraction of sp³-hybridized carbons (Fsp3) is 0.240. The summed E-state index contributed by atoms with van der Waals surface area (Å²) in [5.74, 6) is 0.467. The number of benzene rings is 2. The molecule has 3 aromatic rings. The number of halogens is 3. The Bertz CT molecular complexity index is 1450. The van der Waals surface area contributed by atoms with Crippen molar-refractivity contribution in [3.8, 4) is 17.2 Å². The molecular weight excluding hydrogens is 555 g/mol. The standard InChI is InChI=1S/C25H26F3N5O6S/c1-29-11-12-38-22-8-7-19(40(36,37)25(26,27)28)14-20(22)33-24(35)32-15-16-3-5-17(6-4-16)39-18-9-10-31-21(13-18)23(34)30-2/h3-10,13-14,29H,11-12,15H2,1-2H3,(H,30,34)(H2,32,33,35). The fourth-order valence-corrected chi connectivity index (χ4v) is 3.97. The van der Waals surface area contributed by atoms with Crippen LogP contribution in [0.25, 0.3) is 0 Å². The summed E-state index contributed by atoms with van der Waals surface area (Å²) < 4.78 is 74.0. The highest BCUT2D eigenvalue weighted by Crippen LogP contribution is 2.34. The maximum absolute atomic E-state index is 13.0. The number of urea groups is 1. The predicted octanol–water partition coefficient (Wildman–Crippen LogP) is 3.45. The van der Waals surface area contributed by atoms with Crippen molar-refractivity contribution in [2.75, 3.05) is 32.6 Å². The van der Waals surface area contributed by atoms with Crippen LogP contribution in [-0.2, 0) is 16.4 Å². The second-order valence-corrected chi connectivity index (χ2v) is 10.0. The molecule has 0 radical (unpaired) electrons. The van der Waals surface area contributed by atoms with Gasteiger partial charge in [-0.05, 0) is 49.0 Å². The highest BCUT2D eigenvalue weighted by atomic mass is 32.2. The number of hydrogen-bond donors (Lipinski definition) is 4. The van der Waals surface area contributed by atoms with Crippen molar-refractivity contribution in [3.63, 3.8) is 0 Å². The van der Waals surface area contributed by atoms with Crippen LogP contribution in [0.15, 0.2) is 65.7 Å². The normalized spacial score (nSPS) is 11.4. The zero-order valence-electron chi connectivity index (χ0n) is 21.3. The van der Waals surface area contributed by atoms with Gasteiger partial charge in [0.15, 0.2) is 0 Å². The minimum atomic E-state index is -5.64. The van der Waals surface area contributed by atoms with E-state index in [4.69, 9.17) is 9.47 Å². The average Bonchev–Trinajstić information content (AvgIpc) is 2.92. The van der Waals surface area contributed by atoms with Crippen molar-refractivity contribution in [3.05, 3.63) is 72.1 Å². The second-order valence-electron chi connectivity index (χ2n) is 8.07. The van der Waals surface area contributed by atoms with Gasteiger partial charge >= 0.3 is 11.5 Å². The lowest BCUT2D eigenvalue weighted by molar-refractivity contribution is -0.0436. The van der Waals surface area contributed by atoms with E-state index in [1.54, 1.807) is 37.4 Å². The van der Waals surface area contributed by atoms with Gasteiger partial charge in [-0.3, -0.25) is 9.78 Å². The van der Waals surface area contributed by atoms with Crippen LogP contribution in [0.2, 0.25) is 0 Å². The van der Waals surface area contributed by atoms with E-state index < -0.39 is 26.3 Å². The zero-order chi connectivity index (χ0) is 29.3. The number of aromatic nitrogens is 1. The van der Waals surface area contributed by atoms with E-state index in [1.165, 1.54) is 19.3 Å². The first-order chi connectivity index (χ1) is 18.9. The fourth-order valence-electron chi connectivity index (χ4n) is 3.18. The summed E-state index contributed by atoms with van der Waals surface area (Å²) >= 11 is 0. The smallest absolute Gasteiger partial charge is 0.490 e. The third kappa shape index (κ3) is 7.83. The molecule has 11 nitrogen and oxygen atoms in total. The highest BCUT2D eigenvalue weighted by Gasteiger charge is 2.47. The van der Waals surface area contributed by atoms with Crippen LogP contribution in [0.4, 0.5) is 23.7 Å². The lowest BCUT2D eigenvalue weighted by Gasteiger charge is -2.15. The SMILES string of the molecule is CNCCOc1ccc(S(=O)(=O)C(F)(F)F)cc1NC(=O)NCc1ccc(Oc2ccnc(C(=O)NC)c2)cc1. The molecule has 2 aromatic carbocycles. The number of sulfone groups is 1. The number of alkyl halides is 3. The molecule has 0 unspecified atom stereocenters. The maximum Gasteiger partial charge on any atom is 0.501 e. The van der Waals surface area contributed by atoms with Gasteiger partial charge in [-0.1, -0.05) is 12.1 Å². The van der Waals surface area contributed by atoms with Gasteiger partial charge in [0.25, 0.3) is 15.7 Å². The molecule has 0 aliphatic heterocycles. The van der Waals surface area contributed by atoms with Gasteiger partial charge in [-0.25, -0.2) is 13.2 Å². The van der Waals surface area contributed by atoms with Crippen LogP contribution in [0.3, 0.4) is 0 Å². The summed E-state index contributed by atoms with van der Waals surface area (Å²) in [6.45, 7) is 0.530. The van der Waals surface area contributed by atoms with Crippen LogP contribution in [0.1, 0.15) is 16.1 Å². The second kappa shape index (κ2) is 13.1. The third-order valence-corrected chi connectivity index (χ3v) is 6.71. The Kier molecular flexibility index (Phi) is 9.90. The van der Waals surface area contributed by atoms with Crippen molar-refractivity contribution < 1.29 is 40.7 Å². The number of nitrogens with one attached hydrogen (secondary N) is 4. The summed E-state index contributed by atoms with van der Waals surface area (Å²) in [7, 11) is -2.49. The van der Waals surface area contributed by atoms with Crippen LogP contribution in [0, 0.1) is 0 Å². The Hall–Kier alpha value is -4.37. The number of carbonyl (C=O) groups excluding carboxylic acids is 2. The molecule has 3 amide bonds. The van der Waals surface area contributed by atoms with Crippen molar-refractivity contribution in [2.24, 2.45) is 0 Å². The summed E-state index contributed by atoms with van der Waals surface area (Å²) in [6.07, 6.45) is 1.43. The molecule has 1 heterocycles. The summed E-state index contributed by atoms with van der Waals surface area (Å²) in [5, 5.41) is 10.2. The number of carbonyl (C=O) groups is 2. The van der Waals surface area contributed by atoms with E-state index in [0.29, 0.717) is 29.7 Å². The van der Waals surface area contributed by atoms with E-state index in [2.05, 4.69) is 26.3 Å². The van der Waals surface area contributed by atoms with E-state index in [1.807, 2.05) is 0 Å². The summed E-state index contributed by atoms with van der Waals surface area (Å²) in [5.41, 5.74) is -4.93. The Labute approximate surface area is 228 Å². The Morgan fingerprint density at radius 3 is 2.35 bits per heavy atom. The molecule has 214 valence electrons. The number of rotatable bonds is 11. The molecule has 0 atom stereocenters. The van der Waals surface area contributed by atoms with Crippen LogP contribution < -0.4 is 30.7 Å². The summed E-state index contributed by atoms with van der Waals surface area (Å²) in [4.78, 5) is 27.2. The molecular formula is C25H26F3N5O6S. The van der Waals surface area contributed by atoms with E-state index in [0.717, 1.165) is 12.1 Å². The van der Waals surface area contributed by atoms with Crippen molar-refractivity contribution >= 4 is 27.5 Å². The van der Waals surface area contributed by atoms with Gasteiger partial charge < -0.3 is 30.7 Å². The monoisotopic (exact) mass is 581 g/mol. The van der Waals surface area contributed by atoms with Gasteiger partial charge in [-0.2, -0.15) is 13.2 Å². The molecule has 0 fully saturated rings. The van der Waals surface area contributed by atoms with Crippen molar-refractivity contribution in [1.82, 2.24) is 20.9 Å². The molecule has 40 heavy (non-hydrogen) atoms. The van der Waals surface area contributed by atoms with Crippen LogP contribution in [0.5, 0.6) is 17.2 Å². The first kappa shape index (κ1) is 30.2. The van der Waals surface area contributed by atoms with E-state index in [9.17, 15) is 31.2 Å². The topological polar surface area (TPSA) is 148 Å². The largest absolute Gasteiger partial charge is 0.501 e. The Morgan fingerprint density at radius 2 is 1.70 bits per heavy atom. The number of pyridine rings is 1. The number of ether oxygens (including phenoxy) is 2. The molecule has 0 aliphatic rings. The van der Waals surface area contributed by atoms with Gasteiger partial charge in [0.05, 0.1) is 10.6 Å². The Balaban J connectivity index is 1.66. The summed E-state index contributed by atoms with van der Waals surface area (Å²) in [6, 6.07) is 11.3. The van der Waals surface area contributed by atoms with Crippen molar-refractivity contribution in [2.45, 2.75) is 16.9 Å². The first-order valence-electron chi connectivity index (χ1n) is 11.7. The molecule has 0 saturated carbocycles. The molecule has 0 saturated heterocycles. The number of likely N-dealkylation sites (N-methyl/N-ethyl adjacent to an activating group) is 1. The average molecular weight is 582 g/mol. The maximum atomic E-state index is 13.0.